The Hall–Kier alpha value is -2.33. The van der Waals surface area contributed by atoms with Gasteiger partial charge in [-0.05, 0) is 25.0 Å². The van der Waals surface area contributed by atoms with E-state index in [1.165, 1.54) is 12.1 Å². The van der Waals surface area contributed by atoms with Crippen LogP contribution < -0.4 is 22.1 Å². The molecule has 0 spiro atoms. The summed E-state index contributed by atoms with van der Waals surface area (Å²) in [7, 11) is -3.64. The summed E-state index contributed by atoms with van der Waals surface area (Å²) in [5.41, 5.74) is 16.6. The SMILES string of the molecule is CS(=O)(=O)c1cc(C(=O)N=C(N)N)c(N)cc1N1CCCC(O)C1. The Morgan fingerprint density at radius 3 is 2.58 bits per heavy atom. The van der Waals surface area contributed by atoms with Crippen LogP contribution in [0.2, 0.25) is 0 Å². The molecule has 0 saturated carbocycles. The predicted octanol–water partition coefficient (Wildman–Crippen LogP) is -0.953. The van der Waals surface area contributed by atoms with Gasteiger partial charge in [-0.2, -0.15) is 4.99 Å². The Morgan fingerprint density at radius 2 is 2.04 bits per heavy atom. The van der Waals surface area contributed by atoms with Crippen molar-refractivity contribution in [2.75, 3.05) is 30.0 Å². The van der Waals surface area contributed by atoms with Gasteiger partial charge in [-0.15, -0.1) is 0 Å². The van der Waals surface area contributed by atoms with Gasteiger partial charge in [0.1, 0.15) is 0 Å². The molecular formula is C14H21N5O4S. The molecule has 132 valence electrons. The zero-order chi connectivity index (χ0) is 18.1. The lowest BCUT2D eigenvalue weighted by Gasteiger charge is -2.33. The number of benzene rings is 1. The van der Waals surface area contributed by atoms with Crippen LogP contribution in [0.3, 0.4) is 0 Å². The number of aliphatic imine (C=N–C) groups is 1. The van der Waals surface area contributed by atoms with Crippen molar-refractivity contribution >= 4 is 33.1 Å². The minimum atomic E-state index is -3.64. The van der Waals surface area contributed by atoms with Crippen LogP contribution in [0.1, 0.15) is 23.2 Å². The van der Waals surface area contributed by atoms with E-state index in [-0.39, 0.29) is 16.1 Å². The topological polar surface area (TPSA) is 165 Å². The number of sulfone groups is 1. The zero-order valence-corrected chi connectivity index (χ0v) is 14.1. The van der Waals surface area contributed by atoms with Crippen molar-refractivity contribution in [3.63, 3.8) is 0 Å². The second-order valence-corrected chi connectivity index (χ2v) is 7.75. The Balaban J connectivity index is 2.58. The minimum Gasteiger partial charge on any atom is -0.398 e. The molecule has 1 unspecified atom stereocenters. The molecule has 7 N–H and O–H groups in total. The van der Waals surface area contributed by atoms with E-state index in [9.17, 15) is 18.3 Å². The molecule has 1 fully saturated rings. The molecule has 1 aromatic rings. The fourth-order valence-corrected chi connectivity index (χ4v) is 3.56. The van der Waals surface area contributed by atoms with E-state index in [1.807, 2.05) is 0 Å². The fourth-order valence-electron chi connectivity index (χ4n) is 2.66. The van der Waals surface area contributed by atoms with Gasteiger partial charge in [-0.3, -0.25) is 4.79 Å². The van der Waals surface area contributed by atoms with Gasteiger partial charge in [0.25, 0.3) is 5.91 Å². The Labute approximate surface area is 140 Å². The van der Waals surface area contributed by atoms with Crippen LogP contribution in [0.25, 0.3) is 0 Å². The first-order chi connectivity index (χ1) is 11.1. The Morgan fingerprint density at radius 1 is 1.38 bits per heavy atom. The van der Waals surface area contributed by atoms with Gasteiger partial charge in [-0.1, -0.05) is 0 Å². The molecule has 1 aromatic carbocycles. The first-order valence-electron chi connectivity index (χ1n) is 7.30. The first-order valence-corrected chi connectivity index (χ1v) is 9.19. The maximum absolute atomic E-state index is 12.2. The Bertz CT molecular complexity index is 787. The minimum absolute atomic E-state index is 0.0556. The summed E-state index contributed by atoms with van der Waals surface area (Å²) >= 11 is 0. The monoisotopic (exact) mass is 355 g/mol. The summed E-state index contributed by atoms with van der Waals surface area (Å²) < 4.78 is 24.3. The largest absolute Gasteiger partial charge is 0.398 e. The molecule has 0 aliphatic carbocycles. The lowest BCUT2D eigenvalue weighted by Crippen LogP contribution is -2.39. The first kappa shape index (κ1) is 18.0. The molecule has 10 heteroatoms. The molecule has 2 rings (SSSR count). The molecule has 24 heavy (non-hydrogen) atoms. The second-order valence-electron chi connectivity index (χ2n) is 5.76. The summed E-state index contributed by atoms with van der Waals surface area (Å²) in [6, 6.07) is 2.58. The molecule has 9 nitrogen and oxygen atoms in total. The van der Waals surface area contributed by atoms with Crippen molar-refractivity contribution in [2.45, 2.75) is 23.8 Å². The third kappa shape index (κ3) is 3.95. The third-order valence-corrected chi connectivity index (χ3v) is 4.85. The van der Waals surface area contributed by atoms with Gasteiger partial charge in [0.05, 0.1) is 22.3 Å². The smallest absolute Gasteiger partial charge is 0.282 e. The summed E-state index contributed by atoms with van der Waals surface area (Å²) in [6.45, 7) is 0.878. The van der Waals surface area contributed by atoms with Crippen LogP contribution in [0.15, 0.2) is 22.0 Å². The van der Waals surface area contributed by atoms with Crippen molar-refractivity contribution in [1.82, 2.24) is 0 Å². The number of amides is 1. The molecule has 1 saturated heterocycles. The van der Waals surface area contributed by atoms with E-state index >= 15 is 0 Å². The number of rotatable bonds is 3. The lowest BCUT2D eigenvalue weighted by atomic mass is 10.1. The number of anilines is 2. The second kappa shape index (κ2) is 6.65. The van der Waals surface area contributed by atoms with Crippen LogP contribution >= 0.6 is 0 Å². The number of aliphatic hydroxyl groups excluding tert-OH is 1. The van der Waals surface area contributed by atoms with Gasteiger partial charge in [0, 0.05) is 25.0 Å². The quantitative estimate of drug-likeness (QED) is 0.306. The molecule has 0 bridgehead atoms. The number of hydrogen-bond donors (Lipinski definition) is 4. The number of β-amino-alcohol motifs (C(OH)–C–C–N with tert-alkyl or cyclic N) is 1. The van der Waals surface area contributed by atoms with Gasteiger partial charge in [0.15, 0.2) is 15.8 Å². The standard InChI is InChI=1S/C14H21N5O4S/c1-24(22,23)12-5-9(13(21)18-14(16)17)10(15)6-11(12)19-4-2-3-8(20)7-19/h5-6,8,20H,2-4,7,15H2,1H3,(H4,16,17,18,21). The zero-order valence-electron chi connectivity index (χ0n) is 13.3. The van der Waals surface area contributed by atoms with E-state index in [4.69, 9.17) is 17.2 Å². The van der Waals surface area contributed by atoms with Crippen molar-refractivity contribution in [3.8, 4) is 0 Å². The summed E-state index contributed by atoms with van der Waals surface area (Å²) in [5.74, 6) is -1.26. The maximum atomic E-state index is 12.2. The van der Waals surface area contributed by atoms with Gasteiger partial charge < -0.3 is 27.2 Å². The number of nitrogens with zero attached hydrogens (tertiary/aromatic N) is 2. The average Bonchev–Trinajstić information content (AvgIpc) is 2.44. The van der Waals surface area contributed by atoms with Crippen LogP contribution in [-0.2, 0) is 9.84 Å². The number of nitrogens with two attached hydrogens (primary N) is 3. The number of hydrogen-bond acceptors (Lipinski definition) is 6. The van der Waals surface area contributed by atoms with Crippen LogP contribution in [-0.4, -0.2) is 50.8 Å². The van der Waals surface area contributed by atoms with Crippen molar-refractivity contribution in [1.29, 1.82) is 0 Å². The van der Waals surface area contributed by atoms with Crippen LogP contribution in [0, 0.1) is 0 Å². The average molecular weight is 355 g/mol. The van der Waals surface area contributed by atoms with Gasteiger partial charge in [0.2, 0.25) is 0 Å². The summed E-state index contributed by atoms with van der Waals surface area (Å²) in [4.78, 5) is 17.1. The van der Waals surface area contributed by atoms with Crippen molar-refractivity contribution in [3.05, 3.63) is 17.7 Å². The molecule has 0 aromatic heterocycles. The number of guanidine groups is 1. The normalized spacial score (nSPS) is 18.2. The molecule has 0 radical (unpaired) electrons. The van der Waals surface area contributed by atoms with E-state index in [0.29, 0.717) is 25.2 Å². The maximum Gasteiger partial charge on any atom is 0.282 e. The van der Waals surface area contributed by atoms with Crippen molar-refractivity contribution in [2.24, 2.45) is 16.5 Å². The van der Waals surface area contributed by atoms with E-state index in [1.54, 1.807) is 4.90 Å². The summed E-state index contributed by atoms with van der Waals surface area (Å²) in [6.07, 6.45) is 1.87. The number of nitrogen functional groups attached to an aromatic ring is 1. The number of carbonyl (C=O) groups is 1. The summed E-state index contributed by atoms with van der Waals surface area (Å²) in [5, 5.41) is 9.82. The molecule has 1 aliphatic heterocycles. The highest BCUT2D eigenvalue weighted by Crippen LogP contribution is 2.32. The highest BCUT2D eigenvalue weighted by atomic mass is 32.2. The number of aliphatic hydroxyl groups is 1. The predicted molar refractivity (Wildman–Crippen MR) is 91.6 cm³/mol. The third-order valence-electron chi connectivity index (χ3n) is 3.73. The molecule has 1 atom stereocenters. The van der Waals surface area contributed by atoms with Gasteiger partial charge in [-0.25, -0.2) is 8.42 Å². The van der Waals surface area contributed by atoms with Gasteiger partial charge >= 0.3 is 0 Å². The van der Waals surface area contributed by atoms with E-state index in [2.05, 4.69) is 4.99 Å². The van der Waals surface area contributed by atoms with Crippen molar-refractivity contribution < 1.29 is 18.3 Å². The molecule has 1 aliphatic rings. The van der Waals surface area contributed by atoms with E-state index in [0.717, 1.165) is 12.7 Å². The van der Waals surface area contributed by atoms with Crippen LogP contribution in [0.5, 0.6) is 0 Å². The molecular weight excluding hydrogens is 334 g/mol. The number of piperidine rings is 1. The highest BCUT2D eigenvalue weighted by molar-refractivity contribution is 7.90. The highest BCUT2D eigenvalue weighted by Gasteiger charge is 2.26. The molecule has 1 amide bonds. The van der Waals surface area contributed by atoms with E-state index < -0.39 is 27.8 Å². The Kier molecular flexibility index (Phi) is 4.99. The fraction of sp³-hybridized carbons (Fsp3) is 0.429. The lowest BCUT2D eigenvalue weighted by molar-refractivity contribution is 0.100. The van der Waals surface area contributed by atoms with Crippen LogP contribution in [0.4, 0.5) is 11.4 Å². The number of carbonyl (C=O) groups excluding carboxylic acids is 1. The molecule has 1 heterocycles.